The van der Waals surface area contributed by atoms with Crippen LogP contribution in [0.25, 0.3) is 0 Å². The van der Waals surface area contributed by atoms with Gasteiger partial charge in [0.2, 0.25) is 11.8 Å². The van der Waals surface area contributed by atoms with Crippen molar-refractivity contribution in [2.75, 3.05) is 18.1 Å². The van der Waals surface area contributed by atoms with E-state index in [-0.39, 0.29) is 13.0 Å². The topological polar surface area (TPSA) is 107 Å². The number of carboxylic acids is 1. The van der Waals surface area contributed by atoms with Gasteiger partial charge in [-0.2, -0.15) is 0 Å². The minimum Gasteiger partial charge on any atom is -0.545 e. The third kappa shape index (κ3) is 5.40. The van der Waals surface area contributed by atoms with Crippen LogP contribution in [0, 0.1) is 0 Å². The first kappa shape index (κ1) is 22.7. The highest BCUT2D eigenvalue weighted by molar-refractivity contribution is 6.23. The second kappa shape index (κ2) is 10.4. The van der Waals surface area contributed by atoms with Crippen molar-refractivity contribution >= 4 is 29.4 Å². The zero-order valence-corrected chi connectivity index (χ0v) is 17.6. The fourth-order valence-electron chi connectivity index (χ4n) is 3.54. The van der Waals surface area contributed by atoms with Crippen molar-refractivity contribution < 1.29 is 29.0 Å². The number of benzene rings is 2. The van der Waals surface area contributed by atoms with Crippen molar-refractivity contribution in [3.05, 3.63) is 72.3 Å². The lowest BCUT2D eigenvalue weighted by Crippen LogP contribution is -2.46. The van der Waals surface area contributed by atoms with Gasteiger partial charge in [-0.1, -0.05) is 30.3 Å². The second-order valence-electron chi connectivity index (χ2n) is 7.13. The Balaban J connectivity index is 1.83. The molecule has 8 heteroatoms. The molecule has 0 aromatic heterocycles. The number of carboxylic acid groups (broad SMARTS) is 1. The first-order valence-corrected chi connectivity index (χ1v) is 10.2. The molecule has 0 spiro atoms. The number of rotatable bonds is 9. The van der Waals surface area contributed by atoms with Crippen molar-refractivity contribution in [2.45, 2.75) is 25.8 Å². The lowest BCUT2D eigenvalue weighted by molar-refractivity contribution is -0.297. The number of ether oxygens (including phenoxy) is 1. The number of hydrogen-bond acceptors (Lipinski definition) is 6. The SMILES string of the molecule is CCOc1ccc(N2C(=O)C[C@@H](N(CCc3ccccc3)C(=O)/C=C/C(=O)[O-])C2=O)cc1. The normalized spacial score (nSPS) is 15.9. The maximum absolute atomic E-state index is 13.1. The number of carbonyl (C=O) groups is 4. The van der Waals surface area contributed by atoms with Crippen LogP contribution in [0.1, 0.15) is 18.9 Å². The molecule has 0 unspecified atom stereocenters. The minimum absolute atomic E-state index is 0.140. The molecule has 0 bridgehead atoms. The molecule has 1 heterocycles. The average molecular weight is 435 g/mol. The Morgan fingerprint density at radius 2 is 1.78 bits per heavy atom. The number of imide groups is 1. The van der Waals surface area contributed by atoms with E-state index in [1.807, 2.05) is 37.3 Å². The van der Waals surface area contributed by atoms with Crippen LogP contribution in [-0.4, -0.2) is 47.8 Å². The number of amides is 3. The summed E-state index contributed by atoms with van der Waals surface area (Å²) in [6.07, 6.45) is 1.71. The number of hydrogen-bond donors (Lipinski definition) is 0. The number of aliphatic carboxylic acids is 1. The highest BCUT2D eigenvalue weighted by atomic mass is 16.5. The van der Waals surface area contributed by atoms with E-state index < -0.39 is 29.7 Å². The Hall–Kier alpha value is -3.94. The van der Waals surface area contributed by atoms with E-state index in [0.29, 0.717) is 30.5 Å². The van der Waals surface area contributed by atoms with E-state index in [1.165, 1.54) is 4.90 Å². The number of carbonyl (C=O) groups excluding carboxylic acids is 4. The Kier molecular flexibility index (Phi) is 7.38. The highest BCUT2D eigenvalue weighted by Gasteiger charge is 2.43. The summed E-state index contributed by atoms with van der Waals surface area (Å²) in [5, 5.41) is 10.7. The van der Waals surface area contributed by atoms with Crippen LogP contribution in [0.2, 0.25) is 0 Å². The Bertz CT molecular complexity index is 1020. The second-order valence-corrected chi connectivity index (χ2v) is 7.13. The number of anilines is 1. The fourth-order valence-corrected chi connectivity index (χ4v) is 3.54. The summed E-state index contributed by atoms with van der Waals surface area (Å²) in [5.74, 6) is -2.57. The zero-order valence-electron chi connectivity index (χ0n) is 17.6. The standard InChI is InChI=1S/C24H24N2O6/c1-2-32-19-10-8-18(9-11-19)26-22(28)16-20(24(26)31)25(21(27)12-13-23(29)30)15-14-17-6-4-3-5-7-17/h3-13,20H,2,14-16H2,1H3,(H,29,30)/p-1/b13-12+/t20-/m1/s1. The third-order valence-corrected chi connectivity index (χ3v) is 5.03. The smallest absolute Gasteiger partial charge is 0.257 e. The van der Waals surface area contributed by atoms with E-state index >= 15 is 0 Å². The van der Waals surface area contributed by atoms with Crippen LogP contribution >= 0.6 is 0 Å². The van der Waals surface area contributed by atoms with Gasteiger partial charge in [0.25, 0.3) is 5.91 Å². The zero-order chi connectivity index (χ0) is 23.1. The lowest BCUT2D eigenvalue weighted by atomic mass is 10.1. The molecular formula is C24H23N2O6-. The monoisotopic (exact) mass is 435 g/mol. The average Bonchev–Trinajstić information content (AvgIpc) is 3.07. The van der Waals surface area contributed by atoms with E-state index in [0.717, 1.165) is 16.5 Å². The molecule has 1 aliphatic rings. The highest BCUT2D eigenvalue weighted by Crippen LogP contribution is 2.28. The summed E-state index contributed by atoms with van der Waals surface area (Å²) in [6, 6.07) is 14.8. The molecule has 0 saturated carbocycles. The van der Waals surface area contributed by atoms with Gasteiger partial charge in [0.1, 0.15) is 11.8 Å². The van der Waals surface area contributed by atoms with E-state index in [4.69, 9.17) is 4.74 Å². The van der Waals surface area contributed by atoms with Gasteiger partial charge < -0.3 is 19.5 Å². The molecule has 3 amide bonds. The molecule has 2 aromatic carbocycles. The van der Waals surface area contributed by atoms with Crippen molar-refractivity contribution in [2.24, 2.45) is 0 Å². The number of nitrogens with zero attached hydrogens (tertiary/aromatic N) is 2. The summed E-state index contributed by atoms with van der Waals surface area (Å²) >= 11 is 0. The van der Waals surface area contributed by atoms with E-state index in [9.17, 15) is 24.3 Å². The molecule has 32 heavy (non-hydrogen) atoms. The maximum atomic E-state index is 13.1. The van der Waals surface area contributed by atoms with E-state index in [1.54, 1.807) is 24.3 Å². The largest absolute Gasteiger partial charge is 0.545 e. The summed E-state index contributed by atoms with van der Waals surface area (Å²) < 4.78 is 5.39. The molecule has 166 valence electrons. The molecule has 1 aliphatic heterocycles. The summed E-state index contributed by atoms with van der Waals surface area (Å²) in [7, 11) is 0. The van der Waals surface area contributed by atoms with Crippen LogP contribution < -0.4 is 14.7 Å². The molecule has 1 fully saturated rings. The van der Waals surface area contributed by atoms with Gasteiger partial charge in [-0.3, -0.25) is 14.4 Å². The van der Waals surface area contributed by atoms with Crippen LogP contribution in [-0.2, 0) is 25.6 Å². The third-order valence-electron chi connectivity index (χ3n) is 5.03. The molecule has 1 saturated heterocycles. The Morgan fingerprint density at radius 1 is 1.09 bits per heavy atom. The van der Waals surface area contributed by atoms with Crippen molar-refractivity contribution in [1.82, 2.24) is 4.90 Å². The van der Waals surface area contributed by atoms with Gasteiger partial charge >= 0.3 is 0 Å². The van der Waals surface area contributed by atoms with Crippen molar-refractivity contribution in [3.8, 4) is 5.75 Å². The van der Waals surface area contributed by atoms with Gasteiger partial charge in [0, 0.05) is 12.6 Å². The van der Waals surface area contributed by atoms with Crippen LogP contribution in [0.5, 0.6) is 5.75 Å². The quantitative estimate of drug-likeness (QED) is 0.431. The molecule has 0 N–H and O–H groups in total. The molecule has 1 atom stereocenters. The minimum atomic E-state index is -1.52. The van der Waals surface area contributed by atoms with Crippen molar-refractivity contribution in [1.29, 1.82) is 0 Å². The first-order chi connectivity index (χ1) is 15.4. The van der Waals surface area contributed by atoms with Crippen LogP contribution in [0.4, 0.5) is 5.69 Å². The van der Waals surface area contributed by atoms with Crippen LogP contribution in [0.15, 0.2) is 66.7 Å². The first-order valence-electron chi connectivity index (χ1n) is 10.2. The molecule has 0 radical (unpaired) electrons. The Labute approximate surface area is 185 Å². The predicted molar refractivity (Wildman–Crippen MR) is 115 cm³/mol. The van der Waals surface area contributed by atoms with Crippen molar-refractivity contribution in [3.63, 3.8) is 0 Å². The molecular weight excluding hydrogens is 412 g/mol. The molecule has 3 rings (SSSR count). The van der Waals surface area contributed by atoms with Gasteiger partial charge in [-0.25, -0.2) is 4.90 Å². The molecule has 2 aromatic rings. The van der Waals surface area contributed by atoms with Gasteiger partial charge in [0.15, 0.2) is 0 Å². The predicted octanol–water partition coefficient (Wildman–Crippen LogP) is 1.09. The summed E-state index contributed by atoms with van der Waals surface area (Å²) in [6.45, 7) is 2.48. The molecule has 8 nitrogen and oxygen atoms in total. The van der Waals surface area contributed by atoms with Gasteiger partial charge in [0.05, 0.1) is 24.7 Å². The van der Waals surface area contributed by atoms with Gasteiger partial charge in [-0.15, -0.1) is 0 Å². The van der Waals surface area contributed by atoms with Crippen LogP contribution in [0.3, 0.4) is 0 Å². The summed E-state index contributed by atoms with van der Waals surface area (Å²) in [4.78, 5) is 51.6. The fraction of sp³-hybridized carbons (Fsp3) is 0.250. The van der Waals surface area contributed by atoms with E-state index in [2.05, 4.69) is 0 Å². The van der Waals surface area contributed by atoms with Gasteiger partial charge in [-0.05, 0) is 49.2 Å². The summed E-state index contributed by atoms with van der Waals surface area (Å²) in [5.41, 5.74) is 1.32. The Morgan fingerprint density at radius 3 is 2.41 bits per heavy atom. The molecule has 0 aliphatic carbocycles. The lowest BCUT2D eigenvalue weighted by Gasteiger charge is -2.26. The maximum Gasteiger partial charge on any atom is 0.257 e.